The van der Waals surface area contributed by atoms with Crippen LogP contribution in [0.4, 0.5) is 0 Å². The predicted octanol–water partition coefficient (Wildman–Crippen LogP) is 4.05. The van der Waals surface area contributed by atoms with E-state index in [1.165, 1.54) is 12.3 Å². The number of ether oxygens (including phenoxy) is 3. The predicted molar refractivity (Wildman–Crippen MR) is 118 cm³/mol. The highest BCUT2D eigenvalue weighted by Crippen LogP contribution is 2.45. The van der Waals surface area contributed by atoms with Crippen LogP contribution in [-0.2, 0) is 15.9 Å². The average molecular weight is 450 g/mol. The molecule has 1 aliphatic rings. The van der Waals surface area contributed by atoms with E-state index >= 15 is 0 Å². The van der Waals surface area contributed by atoms with Crippen LogP contribution >= 0.6 is 11.6 Å². The Balaban J connectivity index is 2.12. The summed E-state index contributed by atoms with van der Waals surface area (Å²) in [6.07, 6.45) is 2.80. The molecule has 0 unspecified atom stereocenters. The third-order valence-electron chi connectivity index (χ3n) is 5.66. The number of carbonyl (C=O) groups is 1. The minimum absolute atomic E-state index is 0.129. The van der Waals surface area contributed by atoms with Gasteiger partial charge in [-0.3, -0.25) is 4.79 Å². The topological polar surface area (TPSA) is 87.0 Å². The van der Waals surface area contributed by atoms with Gasteiger partial charge < -0.3 is 23.9 Å². The highest BCUT2D eigenvalue weighted by atomic mass is 35.5. The Kier molecular flexibility index (Phi) is 7.09. The summed E-state index contributed by atoms with van der Waals surface area (Å²) in [5, 5.41) is 9.91. The van der Waals surface area contributed by atoms with Gasteiger partial charge in [0.15, 0.2) is 5.43 Å². The van der Waals surface area contributed by atoms with Crippen molar-refractivity contribution in [2.75, 3.05) is 34.0 Å². The maximum Gasteiger partial charge on any atom is 0.341 e. The average Bonchev–Trinajstić information content (AvgIpc) is 2.70. The first-order chi connectivity index (χ1) is 14.7. The molecule has 0 radical (unpaired) electrons. The number of rotatable bonds is 9. The molecule has 0 saturated carbocycles. The van der Waals surface area contributed by atoms with E-state index in [0.29, 0.717) is 42.7 Å². The van der Waals surface area contributed by atoms with E-state index in [1.54, 1.807) is 20.3 Å². The summed E-state index contributed by atoms with van der Waals surface area (Å²) in [7, 11) is 3.28. The molecule has 7 nitrogen and oxygen atoms in total. The summed E-state index contributed by atoms with van der Waals surface area (Å²) in [6, 6.07) is 4.95. The third kappa shape index (κ3) is 4.79. The minimum atomic E-state index is -1.24. The van der Waals surface area contributed by atoms with Crippen molar-refractivity contribution in [3.63, 3.8) is 0 Å². The standard InChI is InChI=1S/C23H28ClNO6/c1-23(2,13-30-4)21-9-14-8-20(31-7-5-6-29-3)17(24)10-15(14)18-11-19(26)16(22(27)28)12-25(18)21/h8,10-12,21H,5-7,9,13H2,1-4H3,(H,27,28)/t21-/m1/s1. The Labute approximate surface area is 186 Å². The van der Waals surface area contributed by atoms with Gasteiger partial charge in [0.25, 0.3) is 0 Å². The normalized spacial score (nSPS) is 15.3. The van der Waals surface area contributed by atoms with E-state index in [9.17, 15) is 14.7 Å². The van der Waals surface area contributed by atoms with Gasteiger partial charge in [0.05, 0.1) is 23.9 Å². The number of aromatic nitrogens is 1. The van der Waals surface area contributed by atoms with Gasteiger partial charge in [0.2, 0.25) is 0 Å². The molecule has 0 fully saturated rings. The van der Waals surface area contributed by atoms with Crippen molar-refractivity contribution < 1.29 is 24.1 Å². The molecule has 2 heterocycles. The highest BCUT2D eigenvalue weighted by Gasteiger charge is 2.37. The van der Waals surface area contributed by atoms with Crippen molar-refractivity contribution in [3.8, 4) is 17.0 Å². The van der Waals surface area contributed by atoms with Crippen LogP contribution in [0.25, 0.3) is 11.3 Å². The fourth-order valence-corrected chi connectivity index (χ4v) is 4.33. The SMILES string of the molecule is COCCCOc1cc2c(cc1Cl)-c1cc(=O)c(C(=O)O)cn1[C@@H](C(C)(C)COC)C2. The summed E-state index contributed by atoms with van der Waals surface area (Å²) in [5.41, 5.74) is 1.31. The molecule has 1 aromatic carbocycles. The van der Waals surface area contributed by atoms with Crippen LogP contribution in [0.2, 0.25) is 5.02 Å². The van der Waals surface area contributed by atoms with Crippen molar-refractivity contribution in [1.29, 1.82) is 0 Å². The number of carboxylic acids is 1. The molecule has 1 aliphatic heterocycles. The summed E-state index contributed by atoms with van der Waals surface area (Å²) in [6.45, 7) is 5.66. The van der Waals surface area contributed by atoms with E-state index in [2.05, 4.69) is 13.8 Å². The Morgan fingerprint density at radius 3 is 2.61 bits per heavy atom. The first-order valence-corrected chi connectivity index (χ1v) is 10.5. The summed E-state index contributed by atoms with van der Waals surface area (Å²) in [4.78, 5) is 24.1. The second-order valence-electron chi connectivity index (χ2n) is 8.43. The number of carboxylic acid groups (broad SMARTS) is 1. The van der Waals surface area contributed by atoms with E-state index in [1.807, 2.05) is 10.6 Å². The molecule has 0 spiro atoms. The van der Waals surface area contributed by atoms with Crippen LogP contribution in [0.1, 0.15) is 42.2 Å². The van der Waals surface area contributed by atoms with Crippen LogP contribution in [0.5, 0.6) is 5.75 Å². The van der Waals surface area contributed by atoms with E-state index < -0.39 is 11.4 Å². The molecule has 0 saturated heterocycles. The zero-order valence-electron chi connectivity index (χ0n) is 18.2. The van der Waals surface area contributed by atoms with Crippen molar-refractivity contribution in [2.45, 2.75) is 32.7 Å². The molecule has 0 bridgehead atoms. The van der Waals surface area contributed by atoms with Gasteiger partial charge in [-0.25, -0.2) is 4.79 Å². The number of fused-ring (bicyclic) bond motifs is 3. The van der Waals surface area contributed by atoms with Crippen molar-refractivity contribution in [1.82, 2.24) is 4.57 Å². The van der Waals surface area contributed by atoms with E-state index in [0.717, 1.165) is 17.5 Å². The number of hydrogen-bond acceptors (Lipinski definition) is 5. The third-order valence-corrected chi connectivity index (χ3v) is 5.96. The maximum absolute atomic E-state index is 12.5. The quantitative estimate of drug-likeness (QED) is 0.581. The van der Waals surface area contributed by atoms with Crippen molar-refractivity contribution >= 4 is 17.6 Å². The van der Waals surface area contributed by atoms with Crippen LogP contribution in [0.3, 0.4) is 0 Å². The molecule has 1 atom stereocenters. The van der Waals surface area contributed by atoms with Gasteiger partial charge in [-0.05, 0) is 24.1 Å². The lowest BCUT2D eigenvalue weighted by Gasteiger charge is -2.40. The fourth-order valence-electron chi connectivity index (χ4n) is 4.11. The number of hydrogen-bond donors (Lipinski definition) is 1. The van der Waals surface area contributed by atoms with Crippen LogP contribution in [0, 0.1) is 5.41 Å². The largest absolute Gasteiger partial charge is 0.492 e. The van der Waals surface area contributed by atoms with E-state index in [4.69, 9.17) is 25.8 Å². The minimum Gasteiger partial charge on any atom is -0.492 e. The first-order valence-electron chi connectivity index (χ1n) is 10.1. The second-order valence-corrected chi connectivity index (χ2v) is 8.83. The summed E-state index contributed by atoms with van der Waals surface area (Å²) in [5.74, 6) is -0.662. The molecule has 1 N–H and O–H groups in total. The van der Waals surface area contributed by atoms with E-state index in [-0.39, 0.29) is 17.0 Å². The van der Waals surface area contributed by atoms with Gasteiger partial charge in [0, 0.05) is 56.5 Å². The van der Waals surface area contributed by atoms with Crippen LogP contribution in [0.15, 0.2) is 29.2 Å². The molecule has 31 heavy (non-hydrogen) atoms. The lowest BCUT2D eigenvalue weighted by Crippen LogP contribution is -2.37. The number of aromatic carboxylic acids is 1. The van der Waals surface area contributed by atoms with Crippen LogP contribution in [-0.4, -0.2) is 49.7 Å². The molecule has 0 amide bonds. The molecule has 2 aromatic rings. The number of benzene rings is 1. The van der Waals surface area contributed by atoms with Gasteiger partial charge in [0.1, 0.15) is 11.3 Å². The van der Waals surface area contributed by atoms with Gasteiger partial charge in [-0.15, -0.1) is 0 Å². The van der Waals surface area contributed by atoms with Crippen molar-refractivity contribution in [2.24, 2.45) is 5.41 Å². The lowest BCUT2D eigenvalue weighted by atomic mass is 9.78. The monoisotopic (exact) mass is 449 g/mol. The molecule has 0 aliphatic carbocycles. The van der Waals surface area contributed by atoms with Gasteiger partial charge >= 0.3 is 5.97 Å². The molecule has 3 rings (SSSR count). The Hall–Kier alpha value is -2.35. The fraction of sp³-hybridized carbons (Fsp3) is 0.478. The highest BCUT2D eigenvalue weighted by molar-refractivity contribution is 6.32. The zero-order chi connectivity index (χ0) is 22.8. The Morgan fingerprint density at radius 2 is 1.97 bits per heavy atom. The Morgan fingerprint density at radius 1 is 1.23 bits per heavy atom. The van der Waals surface area contributed by atoms with Gasteiger partial charge in [-0.2, -0.15) is 0 Å². The zero-order valence-corrected chi connectivity index (χ0v) is 19.0. The number of methoxy groups -OCH3 is 2. The molecular formula is C23H28ClNO6. The summed E-state index contributed by atoms with van der Waals surface area (Å²) >= 11 is 6.48. The maximum atomic E-state index is 12.5. The molecule has 8 heteroatoms. The van der Waals surface area contributed by atoms with Crippen molar-refractivity contribution in [3.05, 3.63) is 50.8 Å². The molecular weight excluding hydrogens is 422 g/mol. The number of nitrogens with zero attached hydrogens (tertiary/aromatic N) is 1. The summed E-state index contributed by atoms with van der Waals surface area (Å²) < 4.78 is 18.2. The number of pyridine rings is 1. The van der Waals surface area contributed by atoms with Crippen LogP contribution < -0.4 is 10.2 Å². The molecule has 168 valence electrons. The Bertz CT molecular complexity index is 1030. The first kappa shape index (κ1) is 23.3. The van der Waals surface area contributed by atoms with Gasteiger partial charge in [-0.1, -0.05) is 25.4 Å². The lowest BCUT2D eigenvalue weighted by molar-refractivity contribution is 0.0615. The molecule has 1 aromatic heterocycles. The second kappa shape index (κ2) is 9.42. The number of halogens is 1. The smallest absolute Gasteiger partial charge is 0.341 e.